The Labute approximate surface area is 190 Å². The van der Waals surface area contributed by atoms with Crippen molar-refractivity contribution < 1.29 is 28.6 Å². The maximum absolute atomic E-state index is 12.5. The summed E-state index contributed by atoms with van der Waals surface area (Å²) < 4.78 is 15.9. The smallest absolute Gasteiger partial charge is 0.293 e. The van der Waals surface area contributed by atoms with E-state index in [0.29, 0.717) is 27.7 Å². The molecule has 3 amide bonds. The van der Waals surface area contributed by atoms with Crippen LogP contribution >= 0.6 is 11.8 Å². The van der Waals surface area contributed by atoms with E-state index in [2.05, 4.69) is 5.32 Å². The number of carbonyl (C=O) groups excluding carboxylic acids is 3. The molecule has 0 saturated carbocycles. The first-order valence-electron chi connectivity index (χ1n) is 9.83. The number of ether oxygens (including phenoxy) is 3. The summed E-state index contributed by atoms with van der Waals surface area (Å²) in [4.78, 5) is 38.2. The van der Waals surface area contributed by atoms with Gasteiger partial charge in [-0.05, 0) is 60.2 Å². The van der Waals surface area contributed by atoms with Gasteiger partial charge in [0, 0.05) is 12.8 Å². The van der Waals surface area contributed by atoms with Crippen LogP contribution in [0.5, 0.6) is 11.5 Å². The number of aryl methyl sites for hydroxylation is 1. The number of amides is 3. The number of rotatable bonds is 9. The largest absolute Gasteiger partial charge is 0.493 e. The summed E-state index contributed by atoms with van der Waals surface area (Å²) in [6.45, 7) is 2.24. The van der Waals surface area contributed by atoms with Gasteiger partial charge in [0.05, 0.1) is 25.2 Å². The fourth-order valence-electron chi connectivity index (χ4n) is 2.98. The van der Waals surface area contributed by atoms with Crippen molar-refractivity contribution in [3.05, 3.63) is 58.5 Å². The third-order valence-electron chi connectivity index (χ3n) is 4.54. The number of hydrogen-bond acceptors (Lipinski definition) is 7. The van der Waals surface area contributed by atoms with Gasteiger partial charge < -0.3 is 19.5 Å². The van der Waals surface area contributed by atoms with E-state index < -0.39 is 0 Å². The minimum atomic E-state index is -0.357. The van der Waals surface area contributed by atoms with Crippen LogP contribution < -0.4 is 14.8 Å². The summed E-state index contributed by atoms with van der Waals surface area (Å²) in [5, 5.41) is 2.45. The van der Waals surface area contributed by atoms with Gasteiger partial charge in [-0.3, -0.25) is 19.3 Å². The Morgan fingerprint density at radius 3 is 2.66 bits per heavy atom. The first-order valence-corrected chi connectivity index (χ1v) is 10.6. The Morgan fingerprint density at radius 1 is 1.12 bits per heavy atom. The Kier molecular flexibility index (Phi) is 7.91. The van der Waals surface area contributed by atoms with Gasteiger partial charge in [-0.1, -0.05) is 18.2 Å². The van der Waals surface area contributed by atoms with Crippen molar-refractivity contribution in [3.8, 4) is 11.5 Å². The van der Waals surface area contributed by atoms with Crippen LogP contribution in [0.1, 0.15) is 11.1 Å². The molecule has 3 rings (SSSR count). The van der Waals surface area contributed by atoms with E-state index in [-0.39, 0.29) is 36.8 Å². The molecule has 0 unspecified atom stereocenters. The lowest BCUT2D eigenvalue weighted by molar-refractivity contribution is -0.123. The lowest BCUT2D eigenvalue weighted by Crippen LogP contribution is -2.31. The van der Waals surface area contributed by atoms with E-state index in [1.807, 2.05) is 25.1 Å². The molecule has 2 aromatic carbocycles. The first-order chi connectivity index (χ1) is 15.4. The predicted molar refractivity (Wildman–Crippen MR) is 123 cm³/mol. The molecule has 1 heterocycles. The minimum absolute atomic E-state index is 0.192. The lowest BCUT2D eigenvalue weighted by Gasteiger charge is -2.12. The third-order valence-corrected chi connectivity index (χ3v) is 5.45. The van der Waals surface area contributed by atoms with Gasteiger partial charge in [0.1, 0.15) is 0 Å². The molecule has 0 bridgehead atoms. The molecule has 0 atom stereocenters. The molecule has 1 aliphatic heterocycles. The highest BCUT2D eigenvalue weighted by molar-refractivity contribution is 8.18. The third kappa shape index (κ3) is 5.89. The molecule has 168 valence electrons. The summed E-state index contributed by atoms with van der Waals surface area (Å²) in [6, 6.07) is 12.5. The molecule has 1 N–H and O–H groups in total. The number of nitrogens with zero attached hydrogens (tertiary/aromatic N) is 1. The van der Waals surface area contributed by atoms with E-state index in [9.17, 15) is 14.4 Å². The number of imide groups is 1. The molecule has 1 fully saturated rings. The van der Waals surface area contributed by atoms with Crippen molar-refractivity contribution in [1.29, 1.82) is 0 Å². The van der Waals surface area contributed by atoms with Gasteiger partial charge >= 0.3 is 0 Å². The van der Waals surface area contributed by atoms with Crippen LogP contribution in [0.2, 0.25) is 0 Å². The molecule has 0 spiro atoms. The van der Waals surface area contributed by atoms with Crippen molar-refractivity contribution >= 4 is 40.6 Å². The fraction of sp³-hybridized carbons (Fsp3) is 0.261. The zero-order valence-electron chi connectivity index (χ0n) is 18.0. The molecule has 9 heteroatoms. The second-order valence-electron chi connectivity index (χ2n) is 6.94. The summed E-state index contributed by atoms with van der Waals surface area (Å²) >= 11 is 0.879. The van der Waals surface area contributed by atoms with Crippen LogP contribution in [0.4, 0.5) is 10.5 Å². The van der Waals surface area contributed by atoms with Crippen LogP contribution in [0.15, 0.2) is 47.4 Å². The number of hydrogen-bond donors (Lipinski definition) is 1. The maximum Gasteiger partial charge on any atom is 0.293 e. The fourth-order valence-corrected chi connectivity index (χ4v) is 3.85. The van der Waals surface area contributed by atoms with Gasteiger partial charge in [-0.2, -0.15) is 0 Å². The normalized spacial score (nSPS) is 14.7. The highest BCUT2D eigenvalue weighted by Gasteiger charge is 2.34. The first kappa shape index (κ1) is 23.4. The SMILES string of the molecule is COCCN1C(=O)S/C(=C/c2ccc(OCC(=O)Nc3cccc(C)c3)c(OC)c2)C1=O. The predicted octanol–water partition coefficient (Wildman–Crippen LogP) is 3.70. The van der Waals surface area contributed by atoms with Crippen molar-refractivity contribution in [3.63, 3.8) is 0 Å². The average molecular weight is 457 g/mol. The Bertz CT molecular complexity index is 1050. The van der Waals surface area contributed by atoms with Crippen LogP contribution in [-0.4, -0.2) is 55.9 Å². The highest BCUT2D eigenvalue weighted by atomic mass is 32.2. The van der Waals surface area contributed by atoms with E-state index in [1.54, 1.807) is 30.3 Å². The van der Waals surface area contributed by atoms with Crippen molar-refractivity contribution in [2.75, 3.05) is 39.3 Å². The van der Waals surface area contributed by atoms with Gasteiger partial charge in [-0.25, -0.2) is 0 Å². The number of methoxy groups -OCH3 is 2. The average Bonchev–Trinajstić information content (AvgIpc) is 3.03. The van der Waals surface area contributed by atoms with E-state index in [4.69, 9.17) is 14.2 Å². The Morgan fingerprint density at radius 2 is 1.94 bits per heavy atom. The zero-order chi connectivity index (χ0) is 23.1. The summed E-state index contributed by atoms with van der Waals surface area (Å²) in [6.07, 6.45) is 1.62. The summed E-state index contributed by atoms with van der Waals surface area (Å²) in [5.41, 5.74) is 2.40. The van der Waals surface area contributed by atoms with E-state index >= 15 is 0 Å². The van der Waals surface area contributed by atoms with Gasteiger partial charge in [0.2, 0.25) is 0 Å². The molecule has 1 aliphatic rings. The van der Waals surface area contributed by atoms with E-state index in [1.165, 1.54) is 14.2 Å². The lowest BCUT2D eigenvalue weighted by atomic mass is 10.2. The quantitative estimate of drug-likeness (QED) is 0.575. The molecule has 1 saturated heterocycles. The molecular formula is C23H24N2O6S. The van der Waals surface area contributed by atoms with Crippen molar-refractivity contribution in [2.45, 2.75) is 6.92 Å². The van der Waals surface area contributed by atoms with E-state index in [0.717, 1.165) is 22.2 Å². The summed E-state index contributed by atoms with van der Waals surface area (Å²) in [5.74, 6) is 0.133. The van der Waals surface area contributed by atoms with Crippen LogP contribution in [0.25, 0.3) is 6.08 Å². The number of nitrogens with one attached hydrogen (secondary N) is 1. The molecule has 8 nitrogen and oxygen atoms in total. The molecule has 2 aromatic rings. The second kappa shape index (κ2) is 10.8. The second-order valence-corrected chi connectivity index (χ2v) is 7.94. The molecule has 0 aromatic heterocycles. The number of thioether (sulfide) groups is 1. The monoisotopic (exact) mass is 456 g/mol. The van der Waals surface area contributed by atoms with Gasteiger partial charge in [0.15, 0.2) is 18.1 Å². The van der Waals surface area contributed by atoms with Gasteiger partial charge in [0.25, 0.3) is 17.1 Å². The molecule has 0 aliphatic carbocycles. The Balaban J connectivity index is 1.65. The van der Waals surface area contributed by atoms with Crippen LogP contribution in [-0.2, 0) is 14.3 Å². The maximum atomic E-state index is 12.5. The molecular weight excluding hydrogens is 432 g/mol. The highest BCUT2D eigenvalue weighted by Crippen LogP contribution is 2.34. The molecule has 0 radical (unpaired) electrons. The standard InChI is InChI=1S/C23H24N2O6S/c1-15-5-4-6-17(11-15)24-21(26)14-31-18-8-7-16(12-19(18)30-3)13-20-22(27)25(9-10-29-2)23(28)32-20/h4-8,11-13H,9-10,14H2,1-3H3,(H,24,26)/b20-13+. The van der Waals surface area contributed by atoms with Crippen LogP contribution in [0.3, 0.4) is 0 Å². The number of benzene rings is 2. The van der Waals surface area contributed by atoms with Gasteiger partial charge in [-0.15, -0.1) is 0 Å². The molecule has 32 heavy (non-hydrogen) atoms. The zero-order valence-corrected chi connectivity index (χ0v) is 18.9. The van der Waals surface area contributed by atoms with Crippen molar-refractivity contribution in [1.82, 2.24) is 4.90 Å². The minimum Gasteiger partial charge on any atom is -0.493 e. The van der Waals surface area contributed by atoms with Crippen molar-refractivity contribution in [2.24, 2.45) is 0 Å². The Hall–Kier alpha value is -3.30. The van der Waals surface area contributed by atoms with Crippen LogP contribution in [0, 0.1) is 6.92 Å². The topological polar surface area (TPSA) is 94.2 Å². The number of carbonyl (C=O) groups is 3. The summed E-state index contributed by atoms with van der Waals surface area (Å²) in [7, 11) is 2.99. The number of anilines is 1.